The van der Waals surface area contributed by atoms with Crippen LogP contribution >= 0.6 is 0 Å². The van der Waals surface area contributed by atoms with Crippen LogP contribution in [0.15, 0.2) is 18.2 Å². The maximum Gasteiger partial charge on any atom is 0.326 e. The molecule has 0 fully saturated rings. The van der Waals surface area contributed by atoms with Gasteiger partial charge in [-0.05, 0) is 25.0 Å². The molecule has 1 aromatic rings. The molecule has 1 unspecified atom stereocenters. The Bertz CT molecular complexity index is 453. The van der Waals surface area contributed by atoms with Crippen molar-refractivity contribution in [3.8, 4) is 0 Å². The van der Waals surface area contributed by atoms with Crippen molar-refractivity contribution in [1.29, 1.82) is 0 Å². The number of carbonyl (C=O) groups is 2. The highest BCUT2D eigenvalue weighted by molar-refractivity contribution is 5.94. The van der Waals surface area contributed by atoms with Crippen LogP contribution in [0.1, 0.15) is 23.3 Å². The summed E-state index contributed by atoms with van der Waals surface area (Å²) >= 11 is 0. The van der Waals surface area contributed by atoms with Crippen LogP contribution in [0.25, 0.3) is 0 Å². The van der Waals surface area contributed by atoms with Crippen LogP contribution in [0.3, 0.4) is 0 Å². The maximum absolute atomic E-state index is 12.8. The van der Waals surface area contributed by atoms with E-state index in [1.807, 2.05) is 0 Å². The molecule has 1 amide bonds. The summed E-state index contributed by atoms with van der Waals surface area (Å²) in [6.45, 7) is 0.401. The molecule has 0 saturated carbocycles. The first-order valence-corrected chi connectivity index (χ1v) is 5.69. The molecular weight excluding hydrogens is 255 g/mol. The minimum absolute atomic E-state index is 0.155. The number of pyridine rings is 1. The van der Waals surface area contributed by atoms with Gasteiger partial charge in [0.25, 0.3) is 5.91 Å². The number of aromatic nitrogens is 1. The molecule has 1 rings (SSSR count). The van der Waals surface area contributed by atoms with Crippen LogP contribution in [0, 0.1) is 5.95 Å². The Labute approximate surface area is 109 Å². The standard InChI is InChI=1S/C12H15FN2O4/c1-19-7-3-5-9(12(17)18)15-11(16)8-4-2-6-10(13)14-8/h2,4,6,9H,3,5,7H2,1H3,(H,15,16)(H,17,18). The van der Waals surface area contributed by atoms with Gasteiger partial charge in [-0.1, -0.05) is 6.07 Å². The molecule has 0 saturated heterocycles. The van der Waals surface area contributed by atoms with Gasteiger partial charge in [0.05, 0.1) is 0 Å². The number of ether oxygens (including phenoxy) is 1. The molecule has 1 atom stereocenters. The molecule has 2 N–H and O–H groups in total. The van der Waals surface area contributed by atoms with Crippen LogP contribution in [0.5, 0.6) is 0 Å². The number of rotatable bonds is 7. The van der Waals surface area contributed by atoms with Crippen molar-refractivity contribution >= 4 is 11.9 Å². The molecule has 0 bridgehead atoms. The maximum atomic E-state index is 12.8. The second-order valence-electron chi connectivity index (χ2n) is 3.84. The molecule has 104 valence electrons. The smallest absolute Gasteiger partial charge is 0.326 e. The SMILES string of the molecule is COCCCC(NC(=O)c1cccc(F)n1)C(=O)O. The van der Waals surface area contributed by atoms with Crippen molar-refractivity contribution in [2.75, 3.05) is 13.7 Å². The van der Waals surface area contributed by atoms with Gasteiger partial charge < -0.3 is 15.2 Å². The summed E-state index contributed by atoms with van der Waals surface area (Å²) in [7, 11) is 1.50. The molecular formula is C12H15FN2O4. The van der Waals surface area contributed by atoms with Crippen molar-refractivity contribution in [3.05, 3.63) is 29.8 Å². The number of carboxylic acid groups (broad SMARTS) is 1. The number of methoxy groups -OCH3 is 1. The van der Waals surface area contributed by atoms with Crippen molar-refractivity contribution < 1.29 is 23.8 Å². The Morgan fingerprint density at radius 2 is 2.26 bits per heavy atom. The van der Waals surface area contributed by atoms with E-state index in [-0.39, 0.29) is 12.1 Å². The Morgan fingerprint density at radius 3 is 2.84 bits per heavy atom. The molecule has 0 radical (unpaired) electrons. The van der Waals surface area contributed by atoms with Gasteiger partial charge in [0.1, 0.15) is 11.7 Å². The highest BCUT2D eigenvalue weighted by Crippen LogP contribution is 2.02. The average molecular weight is 270 g/mol. The molecule has 19 heavy (non-hydrogen) atoms. The number of carbonyl (C=O) groups excluding carboxylic acids is 1. The quantitative estimate of drug-likeness (QED) is 0.566. The van der Waals surface area contributed by atoms with Crippen LogP contribution in [-0.4, -0.2) is 41.7 Å². The normalized spacial score (nSPS) is 11.9. The zero-order valence-electron chi connectivity index (χ0n) is 10.4. The Morgan fingerprint density at radius 1 is 1.53 bits per heavy atom. The minimum Gasteiger partial charge on any atom is -0.480 e. The van der Waals surface area contributed by atoms with E-state index in [0.29, 0.717) is 13.0 Å². The van der Waals surface area contributed by atoms with Gasteiger partial charge >= 0.3 is 5.97 Å². The second kappa shape index (κ2) is 7.42. The summed E-state index contributed by atoms with van der Waals surface area (Å²) in [5.41, 5.74) is -0.155. The minimum atomic E-state index is -1.15. The van der Waals surface area contributed by atoms with E-state index in [1.165, 1.54) is 19.2 Å². The molecule has 0 aliphatic rings. The zero-order valence-corrected chi connectivity index (χ0v) is 10.4. The lowest BCUT2D eigenvalue weighted by Crippen LogP contribution is -2.41. The lowest BCUT2D eigenvalue weighted by atomic mass is 10.1. The Balaban J connectivity index is 2.63. The number of carboxylic acids is 1. The van der Waals surface area contributed by atoms with Crippen molar-refractivity contribution in [2.45, 2.75) is 18.9 Å². The Kier molecular flexibility index (Phi) is 5.87. The number of hydrogen-bond acceptors (Lipinski definition) is 4. The third kappa shape index (κ3) is 5.01. The lowest BCUT2D eigenvalue weighted by Gasteiger charge is -2.13. The Hall–Kier alpha value is -2.02. The summed E-state index contributed by atoms with van der Waals surface area (Å²) < 4.78 is 17.7. The van der Waals surface area contributed by atoms with E-state index in [2.05, 4.69) is 10.3 Å². The average Bonchev–Trinajstić information content (AvgIpc) is 2.37. The van der Waals surface area contributed by atoms with E-state index in [0.717, 1.165) is 6.07 Å². The van der Waals surface area contributed by atoms with E-state index in [1.54, 1.807) is 0 Å². The number of nitrogens with zero attached hydrogens (tertiary/aromatic N) is 1. The molecule has 0 aliphatic carbocycles. The van der Waals surface area contributed by atoms with Gasteiger partial charge in [0.2, 0.25) is 5.95 Å². The first kappa shape index (κ1) is 15.0. The highest BCUT2D eigenvalue weighted by atomic mass is 19.1. The predicted molar refractivity (Wildman–Crippen MR) is 64.2 cm³/mol. The third-order valence-corrected chi connectivity index (χ3v) is 2.39. The van der Waals surface area contributed by atoms with E-state index in [9.17, 15) is 14.0 Å². The van der Waals surface area contributed by atoms with E-state index < -0.39 is 23.9 Å². The van der Waals surface area contributed by atoms with Gasteiger partial charge in [-0.3, -0.25) is 4.79 Å². The summed E-state index contributed by atoms with van der Waals surface area (Å²) in [6.07, 6.45) is 0.717. The molecule has 1 heterocycles. The molecule has 7 heteroatoms. The topological polar surface area (TPSA) is 88.5 Å². The molecule has 0 spiro atoms. The summed E-state index contributed by atoms with van der Waals surface area (Å²) in [6, 6.07) is 2.70. The van der Waals surface area contributed by atoms with Gasteiger partial charge in [-0.15, -0.1) is 0 Å². The van der Waals surface area contributed by atoms with Crippen molar-refractivity contribution in [3.63, 3.8) is 0 Å². The lowest BCUT2D eigenvalue weighted by molar-refractivity contribution is -0.139. The van der Waals surface area contributed by atoms with Crippen LogP contribution in [-0.2, 0) is 9.53 Å². The number of halogens is 1. The molecule has 0 aliphatic heterocycles. The monoisotopic (exact) mass is 270 g/mol. The summed E-state index contributed by atoms with van der Waals surface area (Å²) in [4.78, 5) is 26.1. The molecule has 6 nitrogen and oxygen atoms in total. The van der Waals surface area contributed by atoms with Crippen molar-refractivity contribution in [2.24, 2.45) is 0 Å². The van der Waals surface area contributed by atoms with Gasteiger partial charge in [0.15, 0.2) is 0 Å². The molecule has 1 aromatic heterocycles. The largest absolute Gasteiger partial charge is 0.480 e. The van der Waals surface area contributed by atoms with Gasteiger partial charge in [-0.25, -0.2) is 9.78 Å². The zero-order chi connectivity index (χ0) is 14.3. The van der Waals surface area contributed by atoms with Gasteiger partial charge in [-0.2, -0.15) is 4.39 Å². The fourth-order valence-electron chi connectivity index (χ4n) is 1.46. The molecule has 0 aromatic carbocycles. The first-order valence-electron chi connectivity index (χ1n) is 5.69. The highest BCUT2D eigenvalue weighted by Gasteiger charge is 2.20. The third-order valence-electron chi connectivity index (χ3n) is 2.39. The number of hydrogen-bond donors (Lipinski definition) is 2. The van der Waals surface area contributed by atoms with Crippen LogP contribution < -0.4 is 5.32 Å². The van der Waals surface area contributed by atoms with E-state index >= 15 is 0 Å². The first-order chi connectivity index (χ1) is 9.04. The van der Waals surface area contributed by atoms with Gasteiger partial charge in [0, 0.05) is 13.7 Å². The van der Waals surface area contributed by atoms with Crippen molar-refractivity contribution in [1.82, 2.24) is 10.3 Å². The fraction of sp³-hybridized carbons (Fsp3) is 0.417. The summed E-state index contributed by atoms with van der Waals surface area (Å²) in [5, 5.41) is 11.3. The number of amides is 1. The van der Waals surface area contributed by atoms with Crippen LogP contribution in [0.4, 0.5) is 4.39 Å². The van der Waals surface area contributed by atoms with Crippen LogP contribution in [0.2, 0.25) is 0 Å². The summed E-state index contributed by atoms with van der Waals surface area (Å²) in [5.74, 6) is -2.66. The number of nitrogens with one attached hydrogen (secondary N) is 1. The predicted octanol–water partition coefficient (Wildman–Crippen LogP) is 0.830. The second-order valence-corrected chi connectivity index (χ2v) is 3.84. The number of aliphatic carboxylic acids is 1. The fourth-order valence-corrected chi connectivity index (χ4v) is 1.46. The van der Waals surface area contributed by atoms with E-state index in [4.69, 9.17) is 9.84 Å².